The van der Waals surface area contributed by atoms with Gasteiger partial charge in [-0.15, -0.1) is 24.0 Å². The summed E-state index contributed by atoms with van der Waals surface area (Å²) in [6.45, 7) is 12.1. The van der Waals surface area contributed by atoms with E-state index in [0.29, 0.717) is 6.42 Å². The Morgan fingerprint density at radius 1 is 1.38 bits per heavy atom. The van der Waals surface area contributed by atoms with Gasteiger partial charge in [-0.2, -0.15) is 5.10 Å². The quantitative estimate of drug-likeness (QED) is 0.274. The molecular weight excluding hydrogens is 443 g/mol. The molecule has 0 aromatic carbocycles. The number of hydrogen-bond acceptors (Lipinski definition) is 3. The van der Waals surface area contributed by atoms with Gasteiger partial charge < -0.3 is 15.5 Å². The van der Waals surface area contributed by atoms with Crippen molar-refractivity contribution in [2.75, 3.05) is 26.2 Å². The first-order valence-electron chi connectivity index (χ1n) is 9.37. The minimum absolute atomic E-state index is 0. The monoisotopic (exact) mass is 476 g/mol. The highest BCUT2D eigenvalue weighted by Gasteiger charge is 2.25. The molecular formula is C18H33IN6O. The highest BCUT2D eigenvalue weighted by atomic mass is 127. The van der Waals surface area contributed by atoms with Crippen molar-refractivity contribution in [3.05, 3.63) is 17.5 Å². The number of likely N-dealkylation sites (tertiary alicyclic amines) is 1. The van der Waals surface area contributed by atoms with Crippen molar-refractivity contribution < 1.29 is 4.79 Å². The first-order chi connectivity index (χ1) is 12.0. The molecule has 26 heavy (non-hydrogen) atoms. The molecule has 2 heterocycles. The van der Waals surface area contributed by atoms with E-state index < -0.39 is 0 Å². The zero-order valence-electron chi connectivity index (χ0n) is 16.4. The molecule has 0 radical (unpaired) electrons. The van der Waals surface area contributed by atoms with Gasteiger partial charge in [-0.05, 0) is 39.7 Å². The van der Waals surface area contributed by atoms with Crippen LogP contribution in [-0.2, 0) is 11.3 Å². The highest BCUT2D eigenvalue weighted by molar-refractivity contribution is 14.0. The summed E-state index contributed by atoms with van der Waals surface area (Å²) in [5, 5.41) is 11.2. The van der Waals surface area contributed by atoms with Crippen LogP contribution in [-0.4, -0.2) is 58.8 Å². The van der Waals surface area contributed by atoms with Crippen LogP contribution in [0.3, 0.4) is 0 Å². The normalized spacial score (nSPS) is 17.2. The SMILES string of the molecule is CCNC(=NCCCn1nc(C)cc1C)NC1CCN(C(=O)CC)C1.I. The zero-order chi connectivity index (χ0) is 18.2. The Hall–Kier alpha value is -1.32. The van der Waals surface area contributed by atoms with Crippen LogP contribution in [0.4, 0.5) is 0 Å². The van der Waals surface area contributed by atoms with Crippen LogP contribution in [0.1, 0.15) is 44.5 Å². The van der Waals surface area contributed by atoms with Crippen LogP contribution in [0, 0.1) is 13.8 Å². The van der Waals surface area contributed by atoms with Crippen molar-refractivity contribution in [2.45, 2.75) is 59.5 Å². The number of aryl methyl sites for hydroxylation is 3. The van der Waals surface area contributed by atoms with Gasteiger partial charge in [-0.1, -0.05) is 6.92 Å². The standard InChI is InChI=1S/C18H32N6O.HI/c1-5-17(25)23-11-8-16(13-23)21-18(19-6-2)20-9-7-10-24-15(4)12-14(3)22-24;/h12,16H,5-11,13H2,1-4H3,(H2,19,20,21);1H. The predicted molar refractivity (Wildman–Crippen MR) is 116 cm³/mol. The number of amides is 1. The molecule has 2 N–H and O–H groups in total. The molecule has 1 saturated heterocycles. The molecule has 148 valence electrons. The van der Waals surface area contributed by atoms with Crippen LogP contribution in [0.25, 0.3) is 0 Å². The Morgan fingerprint density at radius 3 is 2.77 bits per heavy atom. The second-order valence-corrected chi connectivity index (χ2v) is 6.59. The molecule has 1 atom stereocenters. The highest BCUT2D eigenvalue weighted by Crippen LogP contribution is 2.10. The molecule has 1 aromatic rings. The van der Waals surface area contributed by atoms with E-state index in [1.54, 1.807) is 0 Å². The molecule has 8 heteroatoms. The van der Waals surface area contributed by atoms with Gasteiger partial charge in [0.1, 0.15) is 0 Å². The van der Waals surface area contributed by atoms with Crippen molar-refractivity contribution in [1.29, 1.82) is 0 Å². The maximum Gasteiger partial charge on any atom is 0.222 e. The molecule has 0 bridgehead atoms. The number of rotatable bonds is 7. The molecule has 2 rings (SSSR count). The number of carbonyl (C=O) groups is 1. The molecule has 0 aliphatic carbocycles. The van der Waals surface area contributed by atoms with Crippen LogP contribution < -0.4 is 10.6 Å². The van der Waals surface area contributed by atoms with E-state index in [1.807, 2.05) is 23.4 Å². The Bertz CT molecular complexity index is 601. The fourth-order valence-corrected chi connectivity index (χ4v) is 3.15. The Kier molecular flexibility index (Phi) is 9.97. The molecule has 1 amide bonds. The molecule has 1 aromatic heterocycles. The smallest absolute Gasteiger partial charge is 0.222 e. The van der Waals surface area contributed by atoms with Gasteiger partial charge in [0, 0.05) is 50.9 Å². The molecule has 1 unspecified atom stereocenters. The fourth-order valence-electron chi connectivity index (χ4n) is 3.15. The molecule has 0 saturated carbocycles. The molecule has 7 nitrogen and oxygen atoms in total. The molecule has 0 spiro atoms. The zero-order valence-corrected chi connectivity index (χ0v) is 18.7. The minimum atomic E-state index is 0. The fraction of sp³-hybridized carbons (Fsp3) is 0.722. The Labute approximate surface area is 174 Å². The van der Waals surface area contributed by atoms with Crippen molar-refractivity contribution in [2.24, 2.45) is 4.99 Å². The summed E-state index contributed by atoms with van der Waals surface area (Å²) in [4.78, 5) is 18.4. The summed E-state index contributed by atoms with van der Waals surface area (Å²) in [6.07, 6.45) is 2.50. The second-order valence-electron chi connectivity index (χ2n) is 6.59. The van der Waals surface area contributed by atoms with E-state index in [1.165, 1.54) is 5.69 Å². The number of carbonyl (C=O) groups excluding carboxylic acids is 1. The van der Waals surface area contributed by atoms with E-state index in [9.17, 15) is 4.79 Å². The van der Waals surface area contributed by atoms with Gasteiger partial charge in [-0.25, -0.2) is 0 Å². The largest absolute Gasteiger partial charge is 0.357 e. The van der Waals surface area contributed by atoms with Crippen molar-refractivity contribution in [3.8, 4) is 0 Å². The van der Waals surface area contributed by atoms with Gasteiger partial charge in [-0.3, -0.25) is 14.5 Å². The molecule has 1 fully saturated rings. The van der Waals surface area contributed by atoms with Crippen LogP contribution in [0.2, 0.25) is 0 Å². The van der Waals surface area contributed by atoms with E-state index in [-0.39, 0.29) is 35.9 Å². The number of nitrogens with one attached hydrogen (secondary N) is 2. The summed E-state index contributed by atoms with van der Waals surface area (Å²) < 4.78 is 2.04. The Balaban J connectivity index is 0.00000338. The summed E-state index contributed by atoms with van der Waals surface area (Å²) in [5.74, 6) is 1.07. The van der Waals surface area contributed by atoms with Gasteiger partial charge in [0.25, 0.3) is 0 Å². The van der Waals surface area contributed by atoms with Gasteiger partial charge in [0.15, 0.2) is 5.96 Å². The molecule has 1 aliphatic heterocycles. The maximum atomic E-state index is 11.8. The number of guanidine groups is 1. The van der Waals surface area contributed by atoms with E-state index in [4.69, 9.17) is 0 Å². The van der Waals surface area contributed by atoms with E-state index >= 15 is 0 Å². The third-order valence-corrected chi connectivity index (χ3v) is 4.43. The Morgan fingerprint density at radius 2 is 2.15 bits per heavy atom. The number of nitrogens with zero attached hydrogens (tertiary/aromatic N) is 4. The lowest BCUT2D eigenvalue weighted by molar-refractivity contribution is -0.129. The summed E-state index contributed by atoms with van der Waals surface area (Å²) in [7, 11) is 0. The lowest BCUT2D eigenvalue weighted by atomic mass is 10.3. The van der Waals surface area contributed by atoms with Gasteiger partial charge >= 0.3 is 0 Å². The van der Waals surface area contributed by atoms with Gasteiger partial charge in [0.2, 0.25) is 5.91 Å². The molecule has 1 aliphatic rings. The number of aliphatic imine (C=N–C) groups is 1. The topological polar surface area (TPSA) is 74.6 Å². The maximum absolute atomic E-state index is 11.8. The predicted octanol–water partition coefficient (Wildman–Crippen LogP) is 2.07. The first-order valence-corrected chi connectivity index (χ1v) is 9.37. The van der Waals surface area contributed by atoms with E-state index in [0.717, 1.165) is 57.2 Å². The number of hydrogen-bond donors (Lipinski definition) is 2. The summed E-state index contributed by atoms with van der Waals surface area (Å²) in [5.41, 5.74) is 2.25. The average molecular weight is 476 g/mol. The van der Waals surface area contributed by atoms with Crippen molar-refractivity contribution in [3.63, 3.8) is 0 Å². The van der Waals surface area contributed by atoms with Crippen molar-refractivity contribution in [1.82, 2.24) is 25.3 Å². The number of halogens is 1. The van der Waals surface area contributed by atoms with Crippen LogP contribution in [0.5, 0.6) is 0 Å². The lowest BCUT2D eigenvalue weighted by Crippen LogP contribution is -2.45. The average Bonchev–Trinajstić information content (AvgIpc) is 3.17. The summed E-state index contributed by atoms with van der Waals surface area (Å²) >= 11 is 0. The first kappa shape index (κ1) is 22.7. The van der Waals surface area contributed by atoms with Crippen molar-refractivity contribution >= 4 is 35.8 Å². The minimum Gasteiger partial charge on any atom is -0.357 e. The third-order valence-electron chi connectivity index (χ3n) is 4.43. The van der Waals surface area contributed by atoms with Gasteiger partial charge in [0.05, 0.1) is 5.69 Å². The number of aromatic nitrogens is 2. The second kappa shape index (κ2) is 11.4. The van der Waals surface area contributed by atoms with E-state index in [2.05, 4.69) is 40.6 Å². The lowest BCUT2D eigenvalue weighted by Gasteiger charge is -2.18. The van der Waals surface area contributed by atoms with Crippen LogP contribution >= 0.6 is 24.0 Å². The van der Waals surface area contributed by atoms with Crippen LogP contribution in [0.15, 0.2) is 11.1 Å². The third kappa shape index (κ3) is 6.77. The summed E-state index contributed by atoms with van der Waals surface area (Å²) in [6, 6.07) is 2.38.